The number of aryl methyl sites for hydroxylation is 2. The van der Waals surface area contributed by atoms with Gasteiger partial charge >= 0.3 is 5.97 Å². The molecule has 0 atom stereocenters. The Kier molecular flexibility index (Phi) is 7.26. The molecule has 4 aromatic rings. The van der Waals surface area contributed by atoms with Crippen LogP contribution in [-0.4, -0.2) is 25.2 Å². The molecule has 0 aliphatic heterocycles. The van der Waals surface area contributed by atoms with Crippen LogP contribution in [0.15, 0.2) is 64.0 Å². The highest BCUT2D eigenvalue weighted by Crippen LogP contribution is 2.40. The van der Waals surface area contributed by atoms with E-state index in [2.05, 4.69) is 10.3 Å². The van der Waals surface area contributed by atoms with Crippen molar-refractivity contribution in [2.75, 3.05) is 12.4 Å². The van der Waals surface area contributed by atoms with Crippen LogP contribution in [0.2, 0.25) is 5.02 Å². The molecular formula is C29H25ClN2O4S. The molecule has 1 aliphatic carbocycles. The summed E-state index contributed by atoms with van der Waals surface area (Å²) in [5.41, 5.74) is 4.49. The second-order valence-electron chi connectivity index (χ2n) is 8.85. The Morgan fingerprint density at radius 2 is 1.86 bits per heavy atom. The zero-order valence-electron chi connectivity index (χ0n) is 20.5. The summed E-state index contributed by atoms with van der Waals surface area (Å²) in [6, 6.07) is 16.2. The van der Waals surface area contributed by atoms with Crippen molar-refractivity contribution >= 4 is 51.7 Å². The Balaban J connectivity index is 1.45. The molecule has 2 aromatic carbocycles. The molecule has 0 fully saturated rings. The van der Waals surface area contributed by atoms with Crippen molar-refractivity contribution in [1.29, 1.82) is 0 Å². The number of rotatable bonds is 6. The molecule has 0 radical (unpaired) electrons. The number of anilines is 1. The van der Waals surface area contributed by atoms with Gasteiger partial charge in [-0.2, -0.15) is 0 Å². The molecule has 37 heavy (non-hydrogen) atoms. The SMILES string of the molecule is COC(=O)c1ccc(Cl)cc1-c1ccc(C=Nc2sc3c(c2C(=O)Nc2ccc(C)cc2)CCCC3)o1. The van der Waals surface area contributed by atoms with Gasteiger partial charge in [-0.1, -0.05) is 29.3 Å². The molecule has 1 N–H and O–H groups in total. The van der Waals surface area contributed by atoms with E-state index in [1.54, 1.807) is 47.9 Å². The summed E-state index contributed by atoms with van der Waals surface area (Å²) >= 11 is 7.73. The smallest absolute Gasteiger partial charge is 0.338 e. The Morgan fingerprint density at radius 3 is 2.65 bits per heavy atom. The average molecular weight is 533 g/mol. The van der Waals surface area contributed by atoms with E-state index < -0.39 is 5.97 Å². The molecule has 188 valence electrons. The highest BCUT2D eigenvalue weighted by atomic mass is 35.5. The number of esters is 1. The van der Waals surface area contributed by atoms with Gasteiger partial charge in [0.25, 0.3) is 5.91 Å². The lowest BCUT2D eigenvalue weighted by Crippen LogP contribution is -2.14. The largest absolute Gasteiger partial charge is 0.465 e. The number of benzene rings is 2. The minimum Gasteiger partial charge on any atom is -0.465 e. The number of hydrogen-bond acceptors (Lipinski definition) is 6. The zero-order chi connectivity index (χ0) is 25.9. The van der Waals surface area contributed by atoms with Gasteiger partial charge in [-0.15, -0.1) is 11.3 Å². The number of ether oxygens (including phenoxy) is 1. The highest BCUT2D eigenvalue weighted by molar-refractivity contribution is 7.16. The van der Waals surface area contributed by atoms with Crippen LogP contribution in [0.25, 0.3) is 11.3 Å². The third kappa shape index (κ3) is 5.38. The number of thiophene rings is 1. The standard InChI is InChI=1S/C29H25ClN2O4S/c1-17-7-10-19(11-8-17)32-27(33)26-22-5-3-4-6-25(22)37-28(26)31-16-20-12-14-24(36-20)23-15-18(30)9-13-21(23)29(34)35-2/h7-16H,3-6H2,1-2H3,(H,32,33). The number of methoxy groups -OCH3 is 1. The van der Waals surface area contributed by atoms with Crippen molar-refractivity contribution in [3.63, 3.8) is 0 Å². The lowest BCUT2D eigenvalue weighted by Gasteiger charge is -2.13. The van der Waals surface area contributed by atoms with Crippen molar-refractivity contribution in [1.82, 2.24) is 0 Å². The lowest BCUT2D eigenvalue weighted by molar-refractivity contribution is 0.0601. The average Bonchev–Trinajstić information content (AvgIpc) is 3.53. The predicted molar refractivity (Wildman–Crippen MR) is 148 cm³/mol. The van der Waals surface area contributed by atoms with Gasteiger partial charge in [0.2, 0.25) is 0 Å². The maximum atomic E-state index is 13.4. The van der Waals surface area contributed by atoms with E-state index in [0.717, 1.165) is 42.5 Å². The number of carbonyl (C=O) groups is 2. The van der Waals surface area contributed by atoms with Gasteiger partial charge in [-0.05, 0) is 80.6 Å². The Morgan fingerprint density at radius 1 is 1.08 bits per heavy atom. The van der Waals surface area contributed by atoms with Gasteiger partial charge in [0.15, 0.2) is 0 Å². The van der Waals surface area contributed by atoms with Crippen LogP contribution in [0.4, 0.5) is 10.7 Å². The first-order chi connectivity index (χ1) is 17.9. The maximum Gasteiger partial charge on any atom is 0.338 e. The molecule has 5 rings (SSSR count). The number of nitrogens with zero attached hydrogens (tertiary/aromatic N) is 1. The van der Waals surface area contributed by atoms with E-state index in [9.17, 15) is 9.59 Å². The summed E-state index contributed by atoms with van der Waals surface area (Å²) in [7, 11) is 1.33. The summed E-state index contributed by atoms with van der Waals surface area (Å²) in [4.78, 5) is 31.5. The van der Waals surface area contributed by atoms with E-state index in [1.807, 2.05) is 31.2 Å². The molecule has 0 unspecified atom stereocenters. The molecule has 0 bridgehead atoms. The number of hydrogen-bond donors (Lipinski definition) is 1. The van der Waals surface area contributed by atoms with Crippen molar-refractivity contribution in [2.24, 2.45) is 4.99 Å². The van der Waals surface area contributed by atoms with E-state index in [1.165, 1.54) is 12.0 Å². The molecule has 2 heterocycles. The summed E-state index contributed by atoms with van der Waals surface area (Å²) in [5.74, 6) is 0.318. The van der Waals surface area contributed by atoms with E-state index in [-0.39, 0.29) is 5.91 Å². The third-order valence-corrected chi connectivity index (χ3v) is 7.71. The van der Waals surface area contributed by atoms with Crippen LogP contribution in [0.3, 0.4) is 0 Å². The monoisotopic (exact) mass is 532 g/mol. The van der Waals surface area contributed by atoms with Crippen LogP contribution >= 0.6 is 22.9 Å². The number of aliphatic imine (C=N–C) groups is 1. The molecule has 6 nitrogen and oxygen atoms in total. The number of furan rings is 1. The van der Waals surface area contributed by atoms with Crippen molar-refractivity contribution in [2.45, 2.75) is 32.6 Å². The summed E-state index contributed by atoms with van der Waals surface area (Å²) in [5, 5.41) is 4.16. The van der Waals surface area contributed by atoms with Crippen LogP contribution in [0.5, 0.6) is 0 Å². The topological polar surface area (TPSA) is 80.9 Å². The van der Waals surface area contributed by atoms with Gasteiger partial charge in [0.05, 0.1) is 24.5 Å². The fraction of sp³-hybridized carbons (Fsp3) is 0.207. The maximum absolute atomic E-state index is 13.4. The molecule has 0 saturated carbocycles. The normalized spacial score (nSPS) is 12.9. The molecule has 0 saturated heterocycles. The predicted octanol–water partition coefficient (Wildman–Crippen LogP) is 7.64. The first-order valence-electron chi connectivity index (χ1n) is 12.0. The fourth-order valence-electron chi connectivity index (χ4n) is 4.40. The van der Waals surface area contributed by atoms with Gasteiger partial charge in [0, 0.05) is 21.2 Å². The van der Waals surface area contributed by atoms with E-state index >= 15 is 0 Å². The minimum absolute atomic E-state index is 0.155. The first-order valence-corrected chi connectivity index (χ1v) is 13.2. The molecule has 0 spiro atoms. The van der Waals surface area contributed by atoms with Crippen LogP contribution in [-0.2, 0) is 17.6 Å². The minimum atomic E-state index is -0.480. The van der Waals surface area contributed by atoms with Crippen LogP contribution in [0.1, 0.15) is 55.3 Å². The van der Waals surface area contributed by atoms with Gasteiger partial charge in [-0.25, -0.2) is 9.79 Å². The second-order valence-corrected chi connectivity index (χ2v) is 10.4. The number of halogens is 1. The summed E-state index contributed by atoms with van der Waals surface area (Å²) in [6.07, 6.45) is 5.59. The van der Waals surface area contributed by atoms with Gasteiger partial charge in [0.1, 0.15) is 16.5 Å². The number of nitrogens with one attached hydrogen (secondary N) is 1. The molecule has 1 amide bonds. The molecule has 2 aromatic heterocycles. The summed E-state index contributed by atoms with van der Waals surface area (Å²) in [6.45, 7) is 2.01. The van der Waals surface area contributed by atoms with Gasteiger partial charge < -0.3 is 14.5 Å². The number of amides is 1. The van der Waals surface area contributed by atoms with Gasteiger partial charge in [-0.3, -0.25) is 4.79 Å². The number of fused-ring (bicyclic) bond motifs is 1. The zero-order valence-corrected chi connectivity index (χ0v) is 22.0. The highest BCUT2D eigenvalue weighted by Gasteiger charge is 2.25. The third-order valence-electron chi connectivity index (χ3n) is 6.28. The lowest BCUT2D eigenvalue weighted by atomic mass is 9.95. The molecular weight excluding hydrogens is 508 g/mol. The Bertz CT molecular complexity index is 1500. The second kappa shape index (κ2) is 10.7. The van der Waals surface area contributed by atoms with Crippen LogP contribution in [0, 0.1) is 6.92 Å². The molecule has 8 heteroatoms. The van der Waals surface area contributed by atoms with Crippen LogP contribution < -0.4 is 5.32 Å². The first kappa shape index (κ1) is 25.0. The van der Waals surface area contributed by atoms with Crippen molar-refractivity contribution < 1.29 is 18.7 Å². The van der Waals surface area contributed by atoms with E-state index in [4.69, 9.17) is 20.8 Å². The van der Waals surface area contributed by atoms with Crippen molar-refractivity contribution in [3.8, 4) is 11.3 Å². The van der Waals surface area contributed by atoms with Crippen molar-refractivity contribution in [3.05, 3.63) is 92.5 Å². The fourth-order valence-corrected chi connectivity index (χ4v) is 5.81. The quantitative estimate of drug-likeness (QED) is 0.204. The van der Waals surface area contributed by atoms with E-state index in [0.29, 0.717) is 38.2 Å². The summed E-state index contributed by atoms with van der Waals surface area (Å²) < 4.78 is 10.9. The molecule has 1 aliphatic rings. The Labute approximate surface area is 224 Å². The Hall–Kier alpha value is -3.68. The number of carbonyl (C=O) groups excluding carboxylic acids is 2.